The fourth-order valence-corrected chi connectivity index (χ4v) is 3.75. The number of aromatic nitrogens is 3. The highest BCUT2D eigenvalue weighted by Gasteiger charge is 2.17. The minimum atomic E-state index is -0.702. The third-order valence-electron chi connectivity index (χ3n) is 3.94. The molecule has 28 heavy (non-hydrogen) atoms. The zero-order valence-electron chi connectivity index (χ0n) is 13.9. The molecule has 2 aromatic carbocycles. The van der Waals surface area contributed by atoms with Crippen molar-refractivity contribution in [1.29, 1.82) is 0 Å². The number of halogens is 3. The molecule has 1 N–H and O–H groups in total. The first kappa shape index (κ1) is 18.4. The molecule has 0 saturated heterocycles. The van der Waals surface area contributed by atoms with Crippen molar-refractivity contribution < 1.29 is 13.9 Å². The summed E-state index contributed by atoms with van der Waals surface area (Å²) in [6, 6.07) is 11.0. The van der Waals surface area contributed by atoms with E-state index >= 15 is 0 Å². The number of phenolic OH excluding ortho intramolecular Hbond substituents is 1. The fourth-order valence-electron chi connectivity index (χ4n) is 2.71. The fraction of sp³-hybridized carbons (Fsp3) is 0. The predicted molar refractivity (Wildman–Crippen MR) is 102 cm³/mol. The predicted octanol–water partition coefficient (Wildman–Crippen LogP) is 4.54. The normalized spacial score (nSPS) is 11.1. The van der Waals surface area contributed by atoms with Crippen LogP contribution in [0.1, 0.15) is 0 Å². The van der Waals surface area contributed by atoms with Crippen LogP contribution in [0.3, 0.4) is 0 Å². The average molecular weight is 418 g/mol. The van der Waals surface area contributed by atoms with Crippen LogP contribution in [0.2, 0.25) is 5.02 Å². The Morgan fingerprint density at radius 1 is 1.07 bits per heavy atom. The molecule has 0 saturated carbocycles. The van der Waals surface area contributed by atoms with E-state index in [0.717, 1.165) is 23.9 Å². The van der Waals surface area contributed by atoms with Crippen molar-refractivity contribution in [1.82, 2.24) is 14.6 Å². The molecule has 0 spiro atoms. The third-order valence-corrected chi connectivity index (χ3v) is 5.23. The summed E-state index contributed by atoms with van der Waals surface area (Å²) in [6.07, 6.45) is 1.22. The second-order valence-electron chi connectivity index (χ2n) is 5.74. The number of benzene rings is 2. The van der Waals surface area contributed by atoms with Crippen LogP contribution in [0.5, 0.6) is 5.75 Å². The maximum absolute atomic E-state index is 13.9. The molecule has 0 aliphatic carbocycles. The Morgan fingerprint density at radius 3 is 2.64 bits per heavy atom. The number of hydrogen-bond acceptors (Lipinski definition) is 5. The van der Waals surface area contributed by atoms with Crippen LogP contribution in [-0.2, 0) is 0 Å². The van der Waals surface area contributed by atoms with Gasteiger partial charge in [-0.3, -0.25) is 4.79 Å². The molecule has 4 rings (SSSR count). The average Bonchev–Trinajstić information content (AvgIpc) is 2.65. The van der Waals surface area contributed by atoms with E-state index in [4.69, 9.17) is 11.6 Å². The van der Waals surface area contributed by atoms with Gasteiger partial charge in [-0.05, 0) is 36.4 Å². The maximum atomic E-state index is 13.9. The van der Waals surface area contributed by atoms with E-state index in [-0.39, 0.29) is 26.8 Å². The van der Waals surface area contributed by atoms with E-state index in [1.807, 2.05) is 0 Å². The van der Waals surface area contributed by atoms with Crippen molar-refractivity contribution in [2.24, 2.45) is 0 Å². The van der Waals surface area contributed by atoms with Crippen molar-refractivity contribution in [2.75, 3.05) is 0 Å². The molecular formula is C19H10ClF2N3O2S. The number of rotatable bonds is 3. The Bertz CT molecular complexity index is 1260. The highest BCUT2D eigenvalue weighted by Crippen LogP contribution is 2.36. The van der Waals surface area contributed by atoms with Crippen molar-refractivity contribution in [2.45, 2.75) is 9.92 Å². The summed E-state index contributed by atoms with van der Waals surface area (Å²) in [5.41, 5.74) is 0.0525. The molecule has 0 aliphatic rings. The van der Waals surface area contributed by atoms with Gasteiger partial charge in [-0.1, -0.05) is 29.4 Å². The molecule has 0 amide bonds. The molecule has 140 valence electrons. The second-order valence-corrected chi connectivity index (χ2v) is 7.21. The third kappa shape index (κ3) is 3.32. The summed E-state index contributed by atoms with van der Waals surface area (Å²) in [7, 11) is 0. The summed E-state index contributed by atoms with van der Waals surface area (Å²) in [5.74, 6) is -1.53. The van der Waals surface area contributed by atoms with Gasteiger partial charge in [-0.25, -0.2) is 13.3 Å². The molecule has 2 heterocycles. The summed E-state index contributed by atoms with van der Waals surface area (Å²) in [6.45, 7) is 0. The van der Waals surface area contributed by atoms with Gasteiger partial charge in [0, 0.05) is 16.5 Å². The molecular weight excluding hydrogens is 408 g/mol. The molecule has 0 fully saturated rings. The lowest BCUT2D eigenvalue weighted by Crippen LogP contribution is -2.13. The number of hydrogen-bond donors (Lipinski definition) is 1. The van der Waals surface area contributed by atoms with Gasteiger partial charge in [-0.2, -0.15) is 10.1 Å². The SMILES string of the molecule is O=c1ncn2nc(Sc3ccc(F)cc3F)ccc2c1-c1c(O)cccc1Cl. The number of fused-ring (bicyclic) bond motifs is 1. The van der Waals surface area contributed by atoms with E-state index in [1.54, 1.807) is 24.3 Å². The molecule has 4 aromatic rings. The van der Waals surface area contributed by atoms with Gasteiger partial charge in [0.05, 0.1) is 16.1 Å². The molecule has 0 aliphatic heterocycles. The maximum Gasteiger partial charge on any atom is 0.281 e. The minimum Gasteiger partial charge on any atom is -0.507 e. The first-order chi connectivity index (χ1) is 13.4. The standard InChI is InChI=1S/C19H10ClF2N3O2S/c20-11-2-1-3-14(26)17(11)18-13-5-7-16(24-25(13)9-23-19(18)27)28-15-6-4-10(21)8-12(15)22/h1-9,26H. The Morgan fingerprint density at radius 2 is 1.89 bits per heavy atom. The quantitative estimate of drug-likeness (QED) is 0.530. The molecule has 2 aromatic heterocycles. The van der Waals surface area contributed by atoms with Gasteiger partial charge >= 0.3 is 0 Å². The van der Waals surface area contributed by atoms with Gasteiger partial charge in [0.15, 0.2) is 0 Å². The minimum absolute atomic E-state index is 0.0996. The highest BCUT2D eigenvalue weighted by molar-refractivity contribution is 7.99. The van der Waals surface area contributed by atoms with E-state index < -0.39 is 17.2 Å². The Labute approximate surface area is 166 Å². The first-order valence-corrected chi connectivity index (χ1v) is 9.13. The first-order valence-electron chi connectivity index (χ1n) is 7.93. The van der Waals surface area contributed by atoms with Crippen LogP contribution in [0, 0.1) is 11.6 Å². The van der Waals surface area contributed by atoms with Gasteiger partial charge < -0.3 is 5.11 Å². The molecule has 0 bridgehead atoms. The molecule has 9 heteroatoms. The summed E-state index contributed by atoms with van der Waals surface area (Å²) >= 11 is 7.17. The largest absolute Gasteiger partial charge is 0.507 e. The lowest BCUT2D eigenvalue weighted by atomic mass is 10.1. The number of aromatic hydroxyl groups is 1. The van der Waals surface area contributed by atoms with Crippen LogP contribution in [-0.4, -0.2) is 19.7 Å². The van der Waals surface area contributed by atoms with Crippen molar-refractivity contribution in [3.63, 3.8) is 0 Å². The van der Waals surface area contributed by atoms with E-state index in [9.17, 15) is 18.7 Å². The lowest BCUT2D eigenvalue weighted by molar-refractivity contribution is 0.477. The van der Waals surface area contributed by atoms with E-state index in [1.165, 1.54) is 23.0 Å². The Kier molecular flexibility index (Phi) is 4.74. The van der Waals surface area contributed by atoms with Crippen LogP contribution < -0.4 is 5.56 Å². The Hall–Kier alpha value is -2.97. The molecule has 0 radical (unpaired) electrons. The smallest absolute Gasteiger partial charge is 0.281 e. The van der Waals surface area contributed by atoms with Gasteiger partial charge in [0.1, 0.15) is 28.7 Å². The summed E-state index contributed by atoms with van der Waals surface area (Å²) in [4.78, 5) is 16.4. The van der Waals surface area contributed by atoms with Gasteiger partial charge in [-0.15, -0.1) is 0 Å². The van der Waals surface area contributed by atoms with Crippen LogP contribution in [0.15, 0.2) is 69.6 Å². The van der Waals surface area contributed by atoms with Gasteiger partial charge in [0.25, 0.3) is 5.56 Å². The molecule has 0 atom stereocenters. The Balaban J connectivity index is 1.84. The number of nitrogens with zero attached hydrogens (tertiary/aromatic N) is 3. The molecule has 0 unspecified atom stereocenters. The lowest BCUT2D eigenvalue weighted by Gasteiger charge is -2.10. The van der Waals surface area contributed by atoms with Gasteiger partial charge in [0.2, 0.25) is 0 Å². The van der Waals surface area contributed by atoms with Crippen molar-refractivity contribution >= 4 is 28.9 Å². The van der Waals surface area contributed by atoms with Crippen LogP contribution >= 0.6 is 23.4 Å². The second kappa shape index (κ2) is 7.21. The zero-order valence-corrected chi connectivity index (χ0v) is 15.5. The summed E-state index contributed by atoms with van der Waals surface area (Å²) < 4.78 is 28.3. The van der Waals surface area contributed by atoms with E-state index in [2.05, 4.69) is 10.1 Å². The topological polar surface area (TPSA) is 67.5 Å². The summed E-state index contributed by atoms with van der Waals surface area (Å²) in [5, 5.41) is 15.1. The zero-order chi connectivity index (χ0) is 19.8. The van der Waals surface area contributed by atoms with Crippen molar-refractivity contribution in [3.05, 3.63) is 81.9 Å². The van der Waals surface area contributed by atoms with Crippen LogP contribution in [0.4, 0.5) is 8.78 Å². The van der Waals surface area contributed by atoms with Crippen molar-refractivity contribution in [3.8, 4) is 16.9 Å². The van der Waals surface area contributed by atoms with E-state index in [0.29, 0.717) is 10.5 Å². The van der Waals surface area contributed by atoms with Crippen LogP contribution in [0.25, 0.3) is 16.6 Å². The number of phenols is 1. The molecule has 5 nitrogen and oxygen atoms in total. The monoisotopic (exact) mass is 417 g/mol. The highest BCUT2D eigenvalue weighted by atomic mass is 35.5.